The molecule has 2 fully saturated rings. The molecule has 38 heavy (non-hydrogen) atoms. The number of aryl methyl sites for hydroxylation is 2. The molecule has 202 valence electrons. The van der Waals surface area contributed by atoms with Crippen molar-refractivity contribution in [2.75, 3.05) is 6.54 Å². The van der Waals surface area contributed by atoms with Crippen LogP contribution in [-0.2, 0) is 11.2 Å². The van der Waals surface area contributed by atoms with Crippen LogP contribution in [0.15, 0.2) is 51.7 Å². The number of hydrogen-bond acceptors (Lipinski definition) is 5. The lowest BCUT2D eigenvalue weighted by atomic mass is 9.66. The number of fused-ring (bicyclic) bond motifs is 2. The summed E-state index contributed by atoms with van der Waals surface area (Å²) >= 11 is 6.17. The fraction of sp³-hybridized carbons (Fsp3) is 0.484. The summed E-state index contributed by atoms with van der Waals surface area (Å²) in [5, 5.41) is 13.1. The van der Waals surface area contributed by atoms with Crippen molar-refractivity contribution < 1.29 is 19.1 Å². The smallest absolute Gasteiger partial charge is 0.336 e. The number of likely N-dealkylation sites (tertiary alicyclic amines) is 1. The third-order valence-corrected chi connectivity index (χ3v) is 8.68. The summed E-state index contributed by atoms with van der Waals surface area (Å²) in [6.45, 7) is 6.15. The first-order valence-corrected chi connectivity index (χ1v) is 14.1. The van der Waals surface area contributed by atoms with Crippen molar-refractivity contribution in [2.24, 2.45) is 5.92 Å². The van der Waals surface area contributed by atoms with Crippen molar-refractivity contribution in [3.63, 3.8) is 0 Å². The van der Waals surface area contributed by atoms with E-state index in [1.807, 2.05) is 48.2 Å². The summed E-state index contributed by atoms with van der Waals surface area (Å²) in [4.78, 5) is 28.0. The van der Waals surface area contributed by atoms with E-state index in [2.05, 4.69) is 6.92 Å². The molecule has 0 spiro atoms. The third kappa shape index (κ3) is 4.96. The van der Waals surface area contributed by atoms with Gasteiger partial charge in [-0.25, -0.2) is 4.79 Å². The number of rotatable bonds is 6. The maximum absolute atomic E-state index is 13.9. The summed E-state index contributed by atoms with van der Waals surface area (Å²) < 4.78 is 11.8. The Labute approximate surface area is 228 Å². The van der Waals surface area contributed by atoms with Crippen molar-refractivity contribution in [2.45, 2.75) is 83.5 Å². The average Bonchev–Trinajstić information content (AvgIpc) is 2.90. The predicted octanol–water partition coefficient (Wildman–Crippen LogP) is 6.37. The first-order chi connectivity index (χ1) is 18.2. The number of benzene rings is 2. The lowest BCUT2D eigenvalue weighted by Crippen LogP contribution is -2.58. The minimum Gasteiger partial charge on any atom is -0.480 e. The van der Waals surface area contributed by atoms with Gasteiger partial charge in [0.15, 0.2) is 6.10 Å². The highest BCUT2D eigenvalue weighted by Crippen LogP contribution is 2.49. The van der Waals surface area contributed by atoms with Gasteiger partial charge < -0.3 is 19.2 Å². The molecule has 1 amide bonds. The predicted molar refractivity (Wildman–Crippen MR) is 149 cm³/mol. The molecule has 2 heterocycles. The Hall–Kier alpha value is -2.83. The van der Waals surface area contributed by atoms with Crippen LogP contribution in [0.2, 0.25) is 5.02 Å². The van der Waals surface area contributed by atoms with Gasteiger partial charge in [0.05, 0.1) is 11.6 Å². The van der Waals surface area contributed by atoms with Gasteiger partial charge in [-0.1, -0.05) is 49.9 Å². The van der Waals surface area contributed by atoms with Crippen molar-refractivity contribution in [3.8, 4) is 5.75 Å². The van der Waals surface area contributed by atoms with Gasteiger partial charge in [-0.05, 0) is 74.9 Å². The van der Waals surface area contributed by atoms with E-state index in [4.69, 9.17) is 20.8 Å². The lowest BCUT2D eigenvalue weighted by Gasteiger charge is -2.53. The first kappa shape index (κ1) is 26.8. The molecule has 1 unspecified atom stereocenters. The molecule has 1 aliphatic carbocycles. The molecular weight excluding hydrogens is 502 g/mol. The molecule has 0 bridgehead atoms. The number of piperidine rings is 1. The van der Waals surface area contributed by atoms with Crippen LogP contribution >= 0.6 is 11.6 Å². The van der Waals surface area contributed by atoms with Crippen LogP contribution in [0.5, 0.6) is 5.75 Å². The molecule has 4 atom stereocenters. The van der Waals surface area contributed by atoms with Gasteiger partial charge >= 0.3 is 5.63 Å². The largest absolute Gasteiger partial charge is 0.480 e. The first-order valence-electron chi connectivity index (χ1n) is 13.7. The Morgan fingerprint density at radius 2 is 1.97 bits per heavy atom. The molecule has 5 rings (SSSR count). The van der Waals surface area contributed by atoms with Crippen LogP contribution in [0.25, 0.3) is 11.0 Å². The topological polar surface area (TPSA) is 80.0 Å². The standard InChI is InChI=1S/C31H36ClNO5/c1-4-7-22-18-27(34)38-29-19(2)26(14-13-24(22)29)37-20(3)30(35)33-17-16-31(36)15-6-5-8-25(31)28(33)21-9-11-23(32)12-10-21/h9-14,18,20,25,28,36H,4-8,15-17H2,1-3H3/t20?,25-,28-,31-/m0/s1. The van der Waals surface area contributed by atoms with E-state index in [0.717, 1.165) is 55.0 Å². The van der Waals surface area contributed by atoms with E-state index in [1.165, 1.54) is 0 Å². The van der Waals surface area contributed by atoms with Crippen LogP contribution in [0, 0.1) is 12.8 Å². The summed E-state index contributed by atoms with van der Waals surface area (Å²) in [7, 11) is 0. The average molecular weight is 538 g/mol. The highest BCUT2D eigenvalue weighted by Gasteiger charge is 2.50. The number of amides is 1. The quantitative estimate of drug-likeness (QED) is 0.369. The van der Waals surface area contributed by atoms with E-state index < -0.39 is 11.7 Å². The minimum absolute atomic E-state index is 0.0454. The molecule has 1 saturated carbocycles. The van der Waals surface area contributed by atoms with Crippen LogP contribution < -0.4 is 10.4 Å². The second kappa shape index (κ2) is 10.7. The number of halogens is 1. The van der Waals surface area contributed by atoms with E-state index >= 15 is 0 Å². The number of carbonyl (C=O) groups is 1. The Balaban J connectivity index is 1.45. The van der Waals surface area contributed by atoms with Gasteiger partial charge in [-0.2, -0.15) is 0 Å². The molecule has 1 aliphatic heterocycles. The van der Waals surface area contributed by atoms with Crippen LogP contribution in [0.1, 0.15) is 75.1 Å². The molecule has 0 radical (unpaired) electrons. The van der Waals surface area contributed by atoms with Gasteiger partial charge in [0.1, 0.15) is 11.3 Å². The van der Waals surface area contributed by atoms with Crippen molar-refractivity contribution in [1.29, 1.82) is 0 Å². The number of aliphatic hydroxyl groups is 1. The summed E-state index contributed by atoms with van der Waals surface area (Å²) in [5.41, 5.74) is 1.98. The Bertz CT molecular complexity index is 1380. The zero-order valence-electron chi connectivity index (χ0n) is 22.3. The third-order valence-electron chi connectivity index (χ3n) is 8.43. The van der Waals surface area contributed by atoms with Gasteiger partial charge in [0.25, 0.3) is 5.91 Å². The number of nitrogens with zero attached hydrogens (tertiary/aromatic N) is 1. The Morgan fingerprint density at radius 3 is 2.71 bits per heavy atom. The van der Waals surface area contributed by atoms with Crippen molar-refractivity contribution in [1.82, 2.24) is 4.90 Å². The molecule has 3 aromatic rings. The molecular formula is C31H36ClNO5. The Morgan fingerprint density at radius 1 is 1.21 bits per heavy atom. The van der Waals surface area contributed by atoms with Crippen LogP contribution in [-0.4, -0.2) is 34.2 Å². The Kier molecular flexibility index (Phi) is 7.56. The maximum atomic E-state index is 13.9. The molecule has 1 aromatic heterocycles. The number of hydrogen-bond donors (Lipinski definition) is 1. The summed E-state index contributed by atoms with van der Waals surface area (Å²) in [6, 6.07) is 12.7. The van der Waals surface area contributed by atoms with Gasteiger partial charge in [-0.15, -0.1) is 0 Å². The van der Waals surface area contributed by atoms with E-state index in [0.29, 0.717) is 34.9 Å². The molecule has 1 saturated heterocycles. The highest BCUT2D eigenvalue weighted by atomic mass is 35.5. The molecule has 6 nitrogen and oxygen atoms in total. The van der Waals surface area contributed by atoms with E-state index in [-0.39, 0.29) is 23.5 Å². The number of ether oxygens (including phenoxy) is 1. The van der Waals surface area contributed by atoms with Gasteiger partial charge in [0, 0.05) is 34.5 Å². The van der Waals surface area contributed by atoms with Crippen LogP contribution in [0.3, 0.4) is 0 Å². The zero-order chi connectivity index (χ0) is 27.0. The van der Waals surface area contributed by atoms with Crippen LogP contribution in [0.4, 0.5) is 0 Å². The molecule has 7 heteroatoms. The zero-order valence-corrected chi connectivity index (χ0v) is 23.1. The monoisotopic (exact) mass is 537 g/mol. The molecule has 2 aromatic carbocycles. The van der Waals surface area contributed by atoms with Gasteiger partial charge in [0.2, 0.25) is 0 Å². The lowest BCUT2D eigenvalue weighted by molar-refractivity contribution is -0.161. The minimum atomic E-state index is -0.772. The summed E-state index contributed by atoms with van der Waals surface area (Å²) in [6.07, 6.45) is 5.16. The maximum Gasteiger partial charge on any atom is 0.336 e. The fourth-order valence-corrected chi connectivity index (χ4v) is 6.61. The molecule has 1 N–H and O–H groups in total. The van der Waals surface area contributed by atoms with E-state index in [1.54, 1.807) is 13.0 Å². The molecule has 2 aliphatic rings. The summed E-state index contributed by atoms with van der Waals surface area (Å²) in [5.74, 6) is 0.346. The second-order valence-electron chi connectivity index (χ2n) is 10.9. The van der Waals surface area contributed by atoms with E-state index in [9.17, 15) is 14.7 Å². The number of carbonyl (C=O) groups excluding carboxylic acids is 1. The van der Waals surface area contributed by atoms with Crippen molar-refractivity contribution in [3.05, 3.63) is 74.6 Å². The fourth-order valence-electron chi connectivity index (χ4n) is 6.49. The normalized spacial score (nSPS) is 24.2. The second-order valence-corrected chi connectivity index (χ2v) is 11.3. The van der Waals surface area contributed by atoms with Gasteiger partial charge in [-0.3, -0.25) is 4.79 Å². The highest BCUT2D eigenvalue weighted by molar-refractivity contribution is 6.30. The SMILES string of the molecule is CCCc1cc(=O)oc2c(C)c(OC(C)C(=O)N3CC[C@@]4(O)CCCC[C@H]4[C@@H]3c3ccc(Cl)cc3)ccc12. The van der Waals surface area contributed by atoms with Crippen molar-refractivity contribution >= 4 is 28.5 Å².